The molecular weight excluding hydrogens is 370 g/mol. The predicted octanol–water partition coefficient (Wildman–Crippen LogP) is 5.26. The molecule has 0 atom stereocenters. The van der Waals surface area contributed by atoms with Gasteiger partial charge in [-0.3, -0.25) is 4.79 Å². The van der Waals surface area contributed by atoms with Gasteiger partial charge in [0.25, 0.3) is 5.91 Å². The normalized spacial score (nSPS) is 10.9. The van der Waals surface area contributed by atoms with E-state index in [4.69, 9.17) is 16.6 Å². The van der Waals surface area contributed by atoms with Crippen LogP contribution in [0.5, 0.6) is 0 Å². The fourth-order valence-electron chi connectivity index (χ4n) is 3.26. The van der Waals surface area contributed by atoms with Crippen molar-refractivity contribution in [2.24, 2.45) is 7.05 Å². The number of hydrogen-bond donors (Lipinski definition) is 1. The summed E-state index contributed by atoms with van der Waals surface area (Å²) in [5, 5.41) is 3.45. The van der Waals surface area contributed by atoms with Crippen LogP contribution >= 0.6 is 11.6 Å². The summed E-state index contributed by atoms with van der Waals surface area (Å²) in [5.41, 5.74) is 4.68. The quantitative estimate of drug-likeness (QED) is 0.505. The van der Waals surface area contributed by atoms with E-state index >= 15 is 0 Å². The Hall–Kier alpha value is -3.11. The van der Waals surface area contributed by atoms with Crippen LogP contribution in [0.15, 0.2) is 72.8 Å². The van der Waals surface area contributed by atoms with Gasteiger partial charge in [-0.15, -0.1) is 0 Å². The molecule has 0 saturated carbocycles. The highest BCUT2D eigenvalue weighted by Gasteiger charge is 2.08. The third-order valence-corrected chi connectivity index (χ3v) is 5.05. The van der Waals surface area contributed by atoms with Crippen LogP contribution < -0.4 is 5.32 Å². The highest BCUT2D eigenvalue weighted by atomic mass is 35.5. The van der Waals surface area contributed by atoms with Crippen molar-refractivity contribution < 1.29 is 4.79 Å². The second-order valence-electron chi connectivity index (χ2n) is 6.74. The molecule has 0 spiro atoms. The number of fused-ring (bicyclic) bond motifs is 1. The van der Waals surface area contributed by atoms with Gasteiger partial charge in [0.2, 0.25) is 0 Å². The maximum Gasteiger partial charge on any atom is 0.255 e. The molecular formula is C23H20ClN3O. The SMILES string of the molecule is Cn1c(CCc2ccc(NC(=O)c3cccc(Cl)c3)cc2)nc2ccccc21. The lowest BCUT2D eigenvalue weighted by Crippen LogP contribution is -2.11. The number of anilines is 1. The van der Waals surface area contributed by atoms with Gasteiger partial charge in [0.05, 0.1) is 11.0 Å². The van der Waals surface area contributed by atoms with E-state index in [-0.39, 0.29) is 5.91 Å². The topological polar surface area (TPSA) is 46.9 Å². The molecule has 1 aromatic heterocycles. The average Bonchev–Trinajstić information content (AvgIpc) is 3.03. The van der Waals surface area contributed by atoms with Crippen molar-refractivity contribution >= 4 is 34.2 Å². The van der Waals surface area contributed by atoms with Gasteiger partial charge in [0, 0.05) is 29.7 Å². The lowest BCUT2D eigenvalue weighted by molar-refractivity contribution is 0.102. The van der Waals surface area contributed by atoms with Crippen LogP contribution in [0.25, 0.3) is 11.0 Å². The maximum absolute atomic E-state index is 12.3. The molecule has 28 heavy (non-hydrogen) atoms. The number of imidazole rings is 1. The van der Waals surface area contributed by atoms with Crippen molar-refractivity contribution in [3.63, 3.8) is 0 Å². The highest BCUT2D eigenvalue weighted by molar-refractivity contribution is 6.31. The number of rotatable bonds is 5. The monoisotopic (exact) mass is 389 g/mol. The Balaban J connectivity index is 1.40. The largest absolute Gasteiger partial charge is 0.331 e. The number of benzene rings is 3. The van der Waals surface area contributed by atoms with E-state index in [1.54, 1.807) is 24.3 Å². The molecule has 3 aromatic carbocycles. The van der Waals surface area contributed by atoms with Crippen LogP contribution in [0.4, 0.5) is 5.69 Å². The average molecular weight is 390 g/mol. The molecule has 0 radical (unpaired) electrons. The first-order valence-corrected chi connectivity index (χ1v) is 9.54. The Morgan fingerprint density at radius 3 is 2.54 bits per heavy atom. The molecule has 4 nitrogen and oxygen atoms in total. The third-order valence-electron chi connectivity index (χ3n) is 4.82. The molecule has 0 aliphatic heterocycles. The van der Waals surface area contributed by atoms with Crippen molar-refractivity contribution in [3.8, 4) is 0 Å². The highest BCUT2D eigenvalue weighted by Crippen LogP contribution is 2.18. The number of aromatic nitrogens is 2. The molecule has 140 valence electrons. The fourth-order valence-corrected chi connectivity index (χ4v) is 3.45. The van der Waals surface area contributed by atoms with E-state index in [9.17, 15) is 4.79 Å². The van der Waals surface area contributed by atoms with Gasteiger partial charge in [-0.25, -0.2) is 4.98 Å². The van der Waals surface area contributed by atoms with E-state index in [1.807, 2.05) is 42.5 Å². The van der Waals surface area contributed by atoms with Gasteiger partial charge in [0.1, 0.15) is 5.82 Å². The standard InChI is InChI=1S/C23H20ClN3O/c1-27-21-8-3-2-7-20(21)26-22(27)14-11-16-9-12-19(13-10-16)25-23(28)17-5-4-6-18(24)15-17/h2-10,12-13,15H,11,14H2,1H3,(H,25,28). The number of nitrogens with one attached hydrogen (secondary N) is 1. The second-order valence-corrected chi connectivity index (χ2v) is 7.17. The first kappa shape index (κ1) is 18.3. The Bertz CT molecular complexity index is 1130. The summed E-state index contributed by atoms with van der Waals surface area (Å²) >= 11 is 5.95. The molecule has 4 rings (SSSR count). The number of hydrogen-bond acceptors (Lipinski definition) is 2. The molecule has 0 saturated heterocycles. The van der Waals surface area contributed by atoms with Gasteiger partial charge < -0.3 is 9.88 Å². The van der Waals surface area contributed by atoms with E-state index in [2.05, 4.69) is 23.0 Å². The van der Waals surface area contributed by atoms with Crippen LogP contribution in [0, 0.1) is 0 Å². The third kappa shape index (κ3) is 3.92. The van der Waals surface area contributed by atoms with Gasteiger partial charge in [-0.05, 0) is 54.4 Å². The Labute approximate surface area is 168 Å². The van der Waals surface area contributed by atoms with E-state index in [0.29, 0.717) is 10.6 Å². The Morgan fingerprint density at radius 2 is 1.79 bits per heavy atom. The van der Waals surface area contributed by atoms with Crippen LogP contribution in [0.2, 0.25) is 5.02 Å². The number of halogens is 1. The van der Waals surface area contributed by atoms with Crippen LogP contribution in [-0.2, 0) is 19.9 Å². The molecule has 4 aromatic rings. The summed E-state index contributed by atoms with van der Waals surface area (Å²) < 4.78 is 2.15. The van der Waals surface area contributed by atoms with Crippen LogP contribution in [0.1, 0.15) is 21.7 Å². The summed E-state index contributed by atoms with van der Waals surface area (Å²) in [7, 11) is 2.05. The molecule has 1 amide bonds. The molecule has 5 heteroatoms. The molecule has 0 bridgehead atoms. The summed E-state index contributed by atoms with van der Waals surface area (Å²) in [4.78, 5) is 17.0. The van der Waals surface area contributed by atoms with E-state index in [0.717, 1.165) is 35.4 Å². The summed E-state index contributed by atoms with van der Waals surface area (Å²) in [6.07, 6.45) is 1.75. The molecule has 0 unspecified atom stereocenters. The van der Waals surface area contributed by atoms with Crippen LogP contribution in [-0.4, -0.2) is 15.5 Å². The van der Waals surface area contributed by atoms with Gasteiger partial charge in [0.15, 0.2) is 0 Å². The number of carbonyl (C=O) groups is 1. The minimum absolute atomic E-state index is 0.171. The fraction of sp³-hybridized carbons (Fsp3) is 0.130. The van der Waals surface area contributed by atoms with Gasteiger partial charge in [-0.1, -0.05) is 41.9 Å². The van der Waals surface area contributed by atoms with Crippen molar-refractivity contribution in [1.82, 2.24) is 9.55 Å². The molecule has 0 aliphatic carbocycles. The van der Waals surface area contributed by atoms with Crippen molar-refractivity contribution in [1.29, 1.82) is 0 Å². The first-order chi connectivity index (χ1) is 13.6. The molecule has 0 fully saturated rings. The Morgan fingerprint density at radius 1 is 1.00 bits per heavy atom. The summed E-state index contributed by atoms with van der Waals surface area (Å²) in [6.45, 7) is 0. The Kier molecular flexibility index (Phi) is 5.13. The van der Waals surface area contributed by atoms with Gasteiger partial charge in [-0.2, -0.15) is 0 Å². The lowest BCUT2D eigenvalue weighted by atomic mass is 10.1. The predicted molar refractivity (Wildman–Crippen MR) is 114 cm³/mol. The number of amides is 1. The number of nitrogens with zero attached hydrogens (tertiary/aromatic N) is 2. The molecule has 0 aliphatic rings. The van der Waals surface area contributed by atoms with E-state index in [1.165, 1.54) is 5.56 Å². The van der Waals surface area contributed by atoms with E-state index < -0.39 is 0 Å². The van der Waals surface area contributed by atoms with Crippen molar-refractivity contribution in [2.45, 2.75) is 12.8 Å². The number of para-hydroxylation sites is 2. The summed E-state index contributed by atoms with van der Waals surface area (Å²) in [6, 6.07) is 23.0. The van der Waals surface area contributed by atoms with Crippen molar-refractivity contribution in [3.05, 3.63) is 94.8 Å². The van der Waals surface area contributed by atoms with Crippen LogP contribution in [0.3, 0.4) is 0 Å². The minimum atomic E-state index is -0.171. The zero-order chi connectivity index (χ0) is 19.5. The summed E-state index contributed by atoms with van der Waals surface area (Å²) in [5.74, 6) is 0.898. The second kappa shape index (κ2) is 7.87. The molecule has 1 N–H and O–H groups in total. The minimum Gasteiger partial charge on any atom is -0.331 e. The number of aryl methyl sites for hydroxylation is 3. The first-order valence-electron chi connectivity index (χ1n) is 9.16. The van der Waals surface area contributed by atoms with Crippen molar-refractivity contribution in [2.75, 3.05) is 5.32 Å². The number of carbonyl (C=O) groups excluding carboxylic acids is 1. The van der Waals surface area contributed by atoms with Gasteiger partial charge >= 0.3 is 0 Å². The smallest absolute Gasteiger partial charge is 0.255 e. The lowest BCUT2D eigenvalue weighted by Gasteiger charge is -2.07. The zero-order valence-electron chi connectivity index (χ0n) is 15.5. The maximum atomic E-state index is 12.3. The molecule has 1 heterocycles. The zero-order valence-corrected chi connectivity index (χ0v) is 16.3.